The quantitative estimate of drug-likeness (QED) is 0.760. The molecule has 118 valence electrons. The van der Waals surface area contributed by atoms with Crippen molar-refractivity contribution in [3.63, 3.8) is 0 Å². The number of hydrogen-bond acceptors (Lipinski definition) is 5. The van der Waals surface area contributed by atoms with Crippen LogP contribution in [0.4, 0.5) is 0 Å². The third-order valence-electron chi connectivity index (χ3n) is 4.73. The fraction of sp³-hybridized carbons (Fsp3) is 0.933. The Bertz CT molecular complexity index is 343. The van der Waals surface area contributed by atoms with Crippen LogP contribution >= 0.6 is 0 Å². The second kappa shape index (κ2) is 5.62. The van der Waals surface area contributed by atoms with Gasteiger partial charge in [0.2, 0.25) is 0 Å². The maximum Gasteiger partial charge on any atom is 0.316 e. The molecule has 1 heterocycles. The average molecular weight is 287 g/mol. The lowest BCUT2D eigenvalue weighted by atomic mass is 9.78. The van der Waals surface area contributed by atoms with Gasteiger partial charge in [0.05, 0.1) is 13.2 Å². The molecule has 0 bridgehead atoms. The summed E-state index contributed by atoms with van der Waals surface area (Å²) in [7, 11) is 2.09. The van der Waals surface area contributed by atoms with Crippen molar-refractivity contribution in [2.45, 2.75) is 64.6 Å². The summed E-state index contributed by atoms with van der Waals surface area (Å²) >= 11 is 0. The average Bonchev–Trinajstić information content (AvgIpc) is 2.34. The van der Waals surface area contributed by atoms with Crippen LogP contribution in [0.5, 0.6) is 0 Å². The van der Waals surface area contributed by atoms with Gasteiger partial charge in [-0.15, -0.1) is 0 Å². The third-order valence-corrected chi connectivity index (χ3v) is 4.73. The van der Waals surface area contributed by atoms with Gasteiger partial charge in [0.25, 0.3) is 0 Å². The van der Waals surface area contributed by atoms with Crippen molar-refractivity contribution in [3.05, 3.63) is 0 Å². The van der Waals surface area contributed by atoms with Crippen LogP contribution in [0.3, 0.4) is 0 Å². The van der Waals surface area contributed by atoms with Gasteiger partial charge in [-0.1, -0.05) is 0 Å². The molecular formula is C15H29NO4. The molecule has 2 N–H and O–H groups in total. The molecule has 0 radical (unpaired) electrons. The highest BCUT2D eigenvalue weighted by molar-refractivity contribution is 5.76. The number of ether oxygens (including phenoxy) is 1. The summed E-state index contributed by atoms with van der Waals surface area (Å²) in [6.07, 6.45) is 1.29. The molecule has 0 aliphatic carbocycles. The molecule has 0 aromatic carbocycles. The number of rotatable bonds is 4. The van der Waals surface area contributed by atoms with Crippen molar-refractivity contribution in [1.29, 1.82) is 0 Å². The minimum absolute atomic E-state index is 0.0679. The summed E-state index contributed by atoms with van der Waals surface area (Å²) < 4.78 is 5.57. The van der Waals surface area contributed by atoms with Crippen molar-refractivity contribution in [3.8, 4) is 0 Å². The maximum atomic E-state index is 12.1. The van der Waals surface area contributed by atoms with E-state index in [0.717, 1.165) is 12.8 Å². The number of aliphatic hydroxyl groups is 2. The topological polar surface area (TPSA) is 70.0 Å². The van der Waals surface area contributed by atoms with Crippen LogP contribution in [0.15, 0.2) is 0 Å². The van der Waals surface area contributed by atoms with Crippen molar-refractivity contribution >= 4 is 5.97 Å². The van der Waals surface area contributed by atoms with E-state index in [1.54, 1.807) is 0 Å². The molecule has 5 heteroatoms. The number of esters is 1. The first kappa shape index (κ1) is 17.4. The summed E-state index contributed by atoms with van der Waals surface area (Å²) in [6.45, 7) is 9.21. The van der Waals surface area contributed by atoms with Crippen LogP contribution in [-0.2, 0) is 9.53 Å². The number of aliphatic hydroxyl groups excluding tert-OH is 2. The molecule has 0 amide bonds. The molecule has 0 aromatic heterocycles. The van der Waals surface area contributed by atoms with Crippen molar-refractivity contribution in [2.24, 2.45) is 5.41 Å². The van der Waals surface area contributed by atoms with Crippen LogP contribution in [0, 0.1) is 5.41 Å². The first-order valence-corrected chi connectivity index (χ1v) is 7.15. The van der Waals surface area contributed by atoms with E-state index < -0.39 is 24.6 Å². The second-order valence-electron chi connectivity index (χ2n) is 7.50. The van der Waals surface area contributed by atoms with Crippen LogP contribution in [-0.4, -0.2) is 58.5 Å². The molecule has 1 aliphatic rings. The third kappa shape index (κ3) is 3.32. The summed E-state index contributed by atoms with van der Waals surface area (Å²) in [6, 6.07) is 0. The SMILES string of the molecule is CN1C(C)(C)CC(OC(=O)C(C)(CO)CO)CC1(C)C. The predicted molar refractivity (Wildman–Crippen MR) is 77.3 cm³/mol. The monoisotopic (exact) mass is 287 g/mol. The number of carbonyl (C=O) groups is 1. The summed E-state index contributed by atoms with van der Waals surface area (Å²) in [5.74, 6) is -0.524. The van der Waals surface area contributed by atoms with Gasteiger partial charge in [-0.2, -0.15) is 0 Å². The molecule has 0 unspecified atom stereocenters. The highest BCUT2D eigenvalue weighted by Gasteiger charge is 2.45. The zero-order chi connectivity index (χ0) is 15.8. The van der Waals surface area contributed by atoms with E-state index >= 15 is 0 Å². The van der Waals surface area contributed by atoms with Crippen LogP contribution < -0.4 is 0 Å². The largest absolute Gasteiger partial charge is 0.462 e. The minimum atomic E-state index is -1.22. The number of carbonyl (C=O) groups excluding carboxylic acids is 1. The Morgan fingerprint density at radius 2 is 1.60 bits per heavy atom. The van der Waals surface area contributed by atoms with Crippen LogP contribution in [0.2, 0.25) is 0 Å². The van der Waals surface area contributed by atoms with Gasteiger partial charge in [-0.05, 0) is 41.7 Å². The first-order valence-electron chi connectivity index (χ1n) is 7.15. The van der Waals surface area contributed by atoms with Gasteiger partial charge in [0.15, 0.2) is 0 Å². The molecule has 20 heavy (non-hydrogen) atoms. The molecule has 0 atom stereocenters. The van der Waals surface area contributed by atoms with E-state index in [0.29, 0.717) is 0 Å². The van der Waals surface area contributed by atoms with Crippen molar-refractivity contribution < 1.29 is 19.7 Å². The Hall–Kier alpha value is -0.650. The van der Waals surface area contributed by atoms with E-state index in [4.69, 9.17) is 4.74 Å². The molecule has 0 aromatic rings. The fourth-order valence-electron chi connectivity index (χ4n) is 2.84. The first-order chi connectivity index (χ1) is 8.98. The molecule has 1 fully saturated rings. The Balaban J connectivity index is 2.82. The Labute approximate surface area is 121 Å². The lowest BCUT2D eigenvalue weighted by Crippen LogP contribution is -2.60. The number of nitrogens with zero attached hydrogens (tertiary/aromatic N) is 1. The second-order valence-corrected chi connectivity index (χ2v) is 7.50. The highest BCUT2D eigenvalue weighted by atomic mass is 16.5. The Morgan fingerprint density at radius 1 is 1.20 bits per heavy atom. The zero-order valence-corrected chi connectivity index (χ0v) is 13.6. The van der Waals surface area contributed by atoms with Gasteiger partial charge in [0, 0.05) is 23.9 Å². The van der Waals surface area contributed by atoms with Crippen LogP contribution in [0.1, 0.15) is 47.5 Å². The predicted octanol–water partition coefficient (Wildman–Crippen LogP) is 1.17. The Morgan fingerprint density at radius 3 is 1.95 bits per heavy atom. The molecule has 0 saturated carbocycles. The summed E-state index contributed by atoms with van der Waals surface area (Å²) in [4.78, 5) is 14.5. The minimum Gasteiger partial charge on any atom is -0.462 e. The molecule has 1 aliphatic heterocycles. The van der Waals surface area contributed by atoms with Gasteiger partial charge in [0.1, 0.15) is 11.5 Å². The Kier molecular flexibility index (Phi) is 4.89. The fourth-order valence-corrected chi connectivity index (χ4v) is 2.84. The molecule has 1 rings (SSSR count). The zero-order valence-electron chi connectivity index (χ0n) is 13.6. The van der Waals surface area contributed by atoms with E-state index in [2.05, 4.69) is 39.6 Å². The lowest BCUT2D eigenvalue weighted by Gasteiger charge is -2.53. The molecule has 5 nitrogen and oxygen atoms in total. The van der Waals surface area contributed by atoms with E-state index in [-0.39, 0.29) is 17.2 Å². The van der Waals surface area contributed by atoms with Gasteiger partial charge >= 0.3 is 5.97 Å². The van der Waals surface area contributed by atoms with Gasteiger partial charge in [-0.3, -0.25) is 9.69 Å². The highest BCUT2D eigenvalue weighted by Crippen LogP contribution is 2.38. The van der Waals surface area contributed by atoms with E-state index in [9.17, 15) is 15.0 Å². The van der Waals surface area contributed by atoms with E-state index in [1.807, 2.05) is 0 Å². The van der Waals surface area contributed by atoms with Crippen molar-refractivity contribution in [2.75, 3.05) is 20.3 Å². The smallest absolute Gasteiger partial charge is 0.316 e. The summed E-state index contributed by atoms with van der Waals surface area (Å²) in [5.41, 5.74) is -1.36. The molecule has 1 saturated heterocycles. The number of piperidine rings is 1. The van der Waals surface area contributed by atoms with Crippen molar-refractivity contribution in [1.82, 2.24) is 4.90 Å². The molecular weight excluding hydrogens is 258 g/mol. The van der Waals surface area contributed by atoms with Crippen LogP contribution in [0.25, 0.3) is 0 Å². The standard InChI is InChI=1S/C15H29NO4/c1-13(2)7-11(8-14(3,4)16(13)6)20-12(19)15(5,9-17)10-18/h11,17-18H,7-10H2,1-6H3. The van der Waals surface area contributed by atoms with Gasteiger partial charge < -0.3 is 14.9 Å². The van der Waals surface area contributed by atoms with Gasteiger partial charge in [-0.25, -0.2) is 0 Å². The summed E-state index contributed by atoms with van der Waals surface area (Å²) in [5, 5.41) is 18.5. The lowest BCUT2D eigenvalue weighted by molar-refractivity contribution is -0.174. The normalized spacial score (nSPS) is 23.6. The van der Waals surface area contributed by atoms with E-state index in [1.165, 1.54) is 6.92 Å². The maximum absolute atomic E-state index is 12.1. The number of hydrogen-bond donors (Lipinski definition) is 2. The number of likely N-dealkylation sites (tertiary alicyclic amines) is 1. The molecule has 0 spiro atoms.